The number of phenols is 2. The maximum atomic E-state index is 11.8. The van der Waals surface area contributed by atoms with E-state index < -0.39 is 7.26 Å². The number of carbonyl (C=O) groups is 1. The van der Waals surface area contributed by atoms with Crippen LogP contribution in [-0.2, 0) is 0 Å². The van der Waals surface area contributed by atoms with Crippen molar-refractivity contribution in [3.63, 3.8) is 0 Å². The molecule has 0 saturated carbocycles. The van der Waals surface area contributed by atoms with E-state index >= 15 is 0 Å². The van der Waals surface area contributed by atoms with Gasteiger partial charge in [0.1, 0.15) is 40.0 Å². The van der Waals surface area contributed by atoms with Gasteiger partial charge in [0.2, 0.25) is 0 Å². The molecular weight excluding hydrogens is 537 g/mol. The molecule has 0 radical (unpaired) electrons. The van der Waals surface area contributed by atoms with Gasteiger partial charge in [-0.25, -0.2) is 0 Å². The van der Waals surface area contributed by atoms with Gasteiger partial charge in [-0.15, -0.1) is 0 Å². The fourth-order valence-electron chi connectivity index (χ4n) is 4.91. The molecule has 0 aliphatic heterocycles. The van der Waals surface area contributed by atoms with E-state index in [0.717, 1.165) is 0 Å². The predicted molar refractivity (Wildman–Crippen MR) is 175 cm³/mol. The zero-order valence-electron chi connectivity index (χ0n) is 22.9. The lowest BCUT2D eigenvalue weighted by molar-refractivity contribution is 0.102. The minimum absolute atomic E-state index is 0.0177. The third kappa shape index (κ3) is 6.25. The molecule has 0 spiro atoms. The van der Waals surface area contributed by atoms with Crippen molar-refractivity contribution in [1.29, 1.82) is 0 Å². The minimum Gasteiger partial charge on any atom is -0.508 e. The van der Waals surface area contributed by atoms with Gasteiger partial charge in [-0.05, 0) is 84.9 Å². The molecule has 0 aromatic heterocycles. The van der Waals surface area contributed by atoms with E-state index in [1.54, 1.807) is 42.5 Å². The number of hydrogen-bond donors (Lipinski definition) is 3. The Kier molecular flexibility index (Phi) is 9.08. The maximum Gasteiger partial charge on any atom is 0.259 e. The van der Waals surface area contributed by atoms with E-state index in [9.17, 15) is 15.0 Å². The summed E-state index contributed by atoms with van der Waals surface area (Å²) >= 11 is 0. The lowest BCUT2D eigenvalue weighted by atomic mass is 10.2. The first kappa shape index (κ1) is 28.4. The summed E-state index contributed by atoms with van der Waals surface area (Å²) in [6.45, 7) is 0. The molecule has 6 aromatic rings. The predicted octanol–water partition coefficient (Wildman–Crippen LogP) is 6.66. The molecule has 1 amide bonds. The Bertz CT molecular complexity index is 1610. The highest BCUT2D eigenvalue weighted by Gasteiger charge is 2.47. The van der Waals surface area contributed by atoms with E-state index in [0.29, 0.717) is 11.4 Å². The van der Waals surface area contributed by atoms with Crippen LogP contribution in [-0.4, -0.2) is 16.1 Å². The summed E-state index contributed by atoms with van der Waals surface area (Å²) in [7, 11) is -2.04. The summed E-state index contributed by atoms with van der Waals surface area (Å²) in [5.41, 5.74) is 0.974. The van der Waals surface area contributed by atoms with Gasteiger partial charge in [-0.3, -0.25) is 4.79 Å². The molecule has 0 bridgehead atoms. The molecule has 0 saturated heterocycles. The van der Waals surface area contributed by atoms with Gasteiger partial charge in [-0.2, -0.15) is 0 Å². The van der Waals surface area contributed by atoms with Crippen LogP contribution >= 0.6 is 7.26 Å². The Labute approximate surface area is 246 Å². The number of amides is 1. The summed E-state index contributed by atoms with van der Waals surface area (Å²) in [5, 5.41) is 27.2. The van der Waals surface area contributed by atoms with Crippen LogP contribution in [0.4, 0.5) is 5.69 Å². The van der Waals surface area contributed by atoms with Gasteiger partial charge in [0.05, 0.1) is 5.56 Å². The van der Waals surface area contributed by atoms with Crippen molar-refractivity contribution >= 4 is 40.1 Å². The smallest absolute Gasteiger partial charge is 0.259 e. The molecule has 206 valence electrons. The summed E-state index contributed by atoms with van der Waals surface area (Å²) in [5.74, 6) is -0.0405. The fraction of sp³-hybridized carbons (Fsp3) is 0. The normalized spacial score (nSPS) is 10.7. The lowest BCUT2D eigenvalue weighted by Crippen LogP contribution is -2.38. The molecule has 4 nitrogen and oxygen atoms in total. The summed E-state index contributed by atoms with van der Waals surface area (Å²) < 4.78 is 0. The Morgan fingerprint density at radius 3 is 1.29 bits per heavy atom. The van der Waals surface area contributed by atoms with Crippen molar-refractivity contribution < 1.29 is 15.0 Å². The van der Waals surface area contributed by atoms with E-state index in [-0.39, 0.29) is 17.2 Å². The average Bonchev–Trinajstić information content (AvgIpc) is 3.05. The fourth-order valence-corrected chi connectivity index (χ4v) is 9.15. The van der Waals surface area contributed by atoms with Gasteiger partial charge >= 0.3 is 0 Å². The van der Waals surface area contributed by atoms with Crippen LogP contribution < -0.4 is 26.5 Å². The zero-order valence-corrected chi connectivity index (χ0v) is 23.8. The standard InChI is InChI=1S/C24H19OP.C13H11NO2/c25-20-16-18-24(19-17-20)26(21-10-4-1-5-11-21,22-12-6-2-7-13-22)23-14-8-3-9-15-23;15-12-9-5-4-8-11(12)13(16)14-10-6-2-1-3-7-10/h1-19H;1-9,15H,(H,14,16)/p+1. The molecule has 0 atom stereocenters. The first-order valence-electron chi connectivity index (χ1n) is 13.6. The second-order valence-electron chi connectivity index (χ2n) is 9.53. The molecule has 0 fully saturated rings. The molecule has 0 aliphatic rings. The number of aromatic hydroxyl groups is 2. The molecule has 42 heavy (non-hydrogen) atoms. The first-order chi connectivity index (χ1) is 20.6. The van der Waals surface area contributed by atoms with Crippen molar-refractivity contribution in [2.75, 3.05) is 5.32 Å². The largest absolute Gasteiger partial charge is 0.508 e. The van der Waals surface area contributed by atoms with Crippen LogP contribution in [0.3, 0.4) is 0 Å². The van der Waals surface area contributed by atoms with Crippen LogP contribution in [0.15, 0.2) is 170 Å². The molecule has 0 heterocycles. The minimum atomic E-state index is -2.04. The Morgan fingerprint density at radius 1 is 0.452 bits per heavy atom. The molecule has 6 aromatic carbocycles. The highest BCUT2D eigenvalue weighted by Crippen LogP contribution is 2.54. The molecule has 5 heteroatoms. The number of rotatable bonds is 6. The van der Waals surface area contributed by atoms with Gasteiger partial charge < -0.3 is 15.5 Å². The van der Waals surface area contributed by atoms with Crippen LogP contribution in [0.2, 0.25) is 0 Å². The highest BCUT2D eigenvalue weighted by atomic mass is 31.2. The van der Waals surface area contributed by atoms with E-state index in [1.165, 1.54) is 27.3 Å². The van der Waals surface area contributed by atoms with Crippen molar-refractivity contribution in [3.8, 4) is 11.5 Å². The first-order valence-corrected chi connectivity index (χ1v) is 15.4. The Hall–Kier alpha value is -5.18. The third-order valence-corrected chi connectivity index (χ3v) is 11.1. The molecule has 3 N–H and O–H groups in total. The summed E-state index contributed by atoms with van der Waals surface area (Å²) in [4.78, 5) is 11.8. The number of phenolic OH excluding ortho intramolecular Hbond substituents is 2. The summed E-state index contributed by atoms with van der Waals surface area (Å²) in [6, 6.07) is 55.4. The van der Waals surface area contributed by atoms with Crippen molar-refractivity contribution in [2.24, 2.45) is 0 Å². The van der Waals surface area contributed by atoms with Gasteiger partial charge in [0.25, 0.3) is 5.91 Å². The number of anilines is 1. The molecule has 0 unspecified atom stereocenters. The van der Waals surface area contributed by atoms with E-state index in [2.05, 4.69) is 108 Å². The van der Waals surface area contributed by atoms with E-state index in [4.69, 9.17) is 0 Å². The lowest BCUT2D eigenvalue weighted by Gasteiger charge is -2.27. The number of para-hydroxylation sites is 2. The Morgan fingerprint density at radius 2 is 0.833 bits per heavy atom. The number of benzene rings is 6. The third-order valence-electron chi connectivity index (χ3n) is 6.85. The van der Waals surface area contributed by atoms with Crippen LogP contribution in [0.1, 0.15) is 10.4 Å². The zero-order chi connectivity index (χ0) is 29.2. The second-order valence-corrected chi connectivity index (χ2v) is 12.9. The summed E-state index contributed by atoms with van der Waals surface area (Å²) in [6.07, 6.45) is 0. The van der Waals surface area contributed by atoms with Crippen LogP contribution in [0.5, 0.6) is 11.5 Å². The van der Waals surface area contributed by atoms with Crippen molar-refractivity contribution in [1.82, 2.24) is 0 Å². The van der Waals surface area contributed by atoms with Crippen molar-refractivity contribution in [3.05, 3.63) is 175 Å². The van der Waals surface area contributed by atoms with Crippen LogP contribution in [0, 0.1) is 0 Å². The number of carbonyl (C=O) groups excluding carboxylic acids is 1. The van der Waals surface area contributed by atoms with Gasteiger partial charge in [-0.1, -0.05) is 84.9 Å². The Balaban J connectivity index is 0.000000189. The topological polar surface area (TPSA) is 69.6 Å². The van der Waals surface area contributed by atoms with Crippen molar-refractivity contribution in [2.45, 2.75) is 0 Å². The van der Waals surface area contributed by atoms with Crippen LogP contribution in [0.25, 0.3) is 0 Å². The number of nitrogens with one attached hydrogen (secondary N) is 1. The average molecular weight is 569 g/mol. The monoisotopic (exact) mass is 568 g/mol. The van der Waals surface area contributed by atoms with E-state index in [1.807, 2.05) is 18.2 Å². The molecule has 6 rings (SSSR count). The highest BCUT2D eigenvalue weighted by molar-refractivity contribution is 8.01. The van der Waals surface area contributed by atoms with Gasteiger partial charge in [0, 0.05) is 5.69 Å². The molecular formula is C37H31NO3P+. The number of hydrogen-bond acceptors (Lipinski definition) is 3. The van der Waals surface area contributed by atoms with Gasteiger partial charge in [0.15, 0.2) is 0 Å². The SMILES string of the molecule is O=C(Nc1ccccc1)c1ccccc1O.Oc1ccc([P+](c2ccccc2)(c2ccccc2)c2ccccc2)cc1. The second kappa shape index (κ2) is 13.5. The molecule has 0 aliphatic carbocycles. The maximum absolute atomic E-state index is 11.8. The quantitative estimate of drug-likeness (QED) is 0.197.